The predicted octanol–water partition coefficient (Wildman–Crippen LogP) is 3.34. The molecule has 1 aromatic heterocycles. The zero-order valence-electron chi connectivity index (χ0n) is 14.4. The van der Waals surface area contributed by atoms with Gasteiger partial charge >= 0.3 is 0 Å². The number of hydrogen-bond donors (Lipinski definition) is 2. The summed E-state index contributed by atoms with van der Waals surface area (Å²) < 4.78 is 0. The Labute approximate surface area is 155 Å². The number of rotatable bonds is 5. The summed E-state index contributed by atoms with van der Waals surface area (Å²) in [4.78, 5) is 24.5. The van der Waals surface area contributed by atoms with Crippen LogP contribution in [-0.2, 0) is 6.54 Å². The molecule has 0 fully saturated rings. The Hall–Kier alpha value is -3.06. The van der Waals surface area contributed by atoms with Crippen molar-refractivity contribution in [1.29, 1.82) is 0 Å². The molecule has 0 aliphatic carbocycles. The van der Waals surface area contributed by atoms with Crippen molar-refractivity contribution in [3.05, 3.63) is 75.2 Å². The monoisotopic (exact) mass is 366 g/mol. The molecule has 1 heterocycles. The van der Waals surface area contributed by atoms with Gasteiger partial charge in [0.1, 0.15) is 0 Å². The third kappa shape index (κ3) is 4.31. The molecule has 0 saturated heterocycles. The fourth-order valence-electron chi connectivity index (χ4n) is 2.29. The first-order valence-corrected chi connectivity index (χ1v) is 8.89. The lowest BCUT2D eigenvalue weighted by molar-refractivity contribution is 0.0948. The van der Waals surface area contributed by atoms with Crippen LogP contribution >= 0.6 is 11.3 Å². The van der Waals surface area contributed by atoms with Crippen LogP contribution in [0.3, 0.4) is 0 Å². The summed E-state index contributed by atoms with van der Waals surface area (Å²) >= 11 is 0.965. The van der Waals surface area contributed by atoms with E-state index in [1.54, 1.807) is 0 Å². The molecule has 2 aromatic carbocycles. The van der Waals surface area contributed by atoms with Gasteiger partial charge in [0.15, 0.2) is 0 Å². The Bertz CT molecular complexity index is 935. The highest BCUT2D eigenvalue weighted by atomic mass is 32.1. The Balaban J connectivity index is 1.61. The molecule has 0 bridgehead atoms. The van der Waals surface area contributed by atoms with E-state index >= 15 is 0 Å². The normalized spacial score (nSPS) is 10.4. The quantitative estimate of drug-likeness (QED) is 0.725. The number of amides is 2. The maximum atomic E-state index is 12.2. The SMILES string of the molecule is Cc1ccc(NC(=O)c2nnc(C(=O)NCc3ccccc3C)s2)cc1. The third-order valence-electron chi connectivity index (χ3n) is 3.82. The lowest BCUT2D eigenvalue weighted by Crippen LogP contribution is -2.23. The van der Waals surface area contributed by atoms with Crippen molar-refractivity contribution >= 4 is 28.8 Å². The molecule has 3 rings (SSSR count). The number of anilines is 1. The Morgan fingerprint density at radius 1 is 0.923 bits per heavy atom. The first-order valence-electron chi connectivity index (χ1n) is 8.07. The number of benzene rings is 2. The molecule has 7 heteroatoms. The summed E-state index contributed by atoms with van der Waals surface area (Å²) in [6, 6.07) is 15.2. The zero-order chi connectivity index (χ0) is 18.5. The van der Waals surface area contributed by atoms with Crippen LogP contribution in [0.2, 0.25) is 0 Å². The molecule has 6 nitrogen and oxygen atoms in total. The molecular formula is C19H18N4O2S. The van der Waals surface area contributed by atoms with E-state index in [4.69, 9.17) is 0 Å². The van der Waals surface area contributed by atoms with Crippen molar-refractivity contribution in [2.24, 2.45) is 0 Å². The number of aryl methyl sites for hydroxylation is 2. The van der Waals surface area contributed by atoms with E-state index in [-0.39, 0.29) is 21.8 Å². The number of aromatic nitrogens is 2. The first-order chi connectivity index (χ1) is 12.5. The highest BCUT2D eigenvalue weighted by molar-refractivity contribution is 7.15. The summed E-state index contributed by atoms with van der Waals surface area (Å²) in [6.45, 7) is 4.36. The molecule has 0 saturated carbocycles. The van der Waals surface area contributed by atoms with Gasteiger partial charge in [0.2, 0.25) is 10.0 Å². The van der Waals surface area contributed by atoms with E-state index in [2.05, 4.69) is 20.8 Å². The van der Waals surface area contributed by atoms with E-state index in [0.717, 1.165) is 28.0 Å². The molecule has 26 heavy (non-hydrogen) atoms. The standard InChI is InChI=1S/C19H18N4O2S/c1-12-7-9-15(10-8-12)21-17(25)19-23-22-18(26-19)16(24)20-11-14-6-4-3-5-13(14)2/h3-10H,11H2,1-2H3,(H,20,24)(H,21,25). The van der Waals surface area contributed by atoms with Crippen molar-refractivity contribution in [3.63, 3.8) is 0 Å². The highest BCUT2D eigenvalue weighted by Gasteiger charge is 2.17. The third-order valence-corrected chi connectivity index (χ3v) is 4.74. The number of carbonyl (C=O) groups excluding carboxylic acids is 2. The van der Waals surface area contributed by atoms with Crippen LogP contribution < -0.4 is 10.6 Å². The van der Waals surface area contributed by atoms with Gasteiger partial charge in [-0.25, -0.2) is 0 Å². The zero-order valence-corrected chi connectivity index (χ0v) is 15.3. The Kier molecular flexibility index (Phi) is 5.38. The lowest BCUT2D eigenvalue weighted by Gasteiger charge is -2.05. The fourth-order valence-corrected chi connectivity index (χ4v) is 2.94. The summed E-state index contributed by atoms with van der Waals surface area (Å²) in [5.41, 5.74) is 3.90. The van der Waals surface area contributed by atoms with Crippen LogP contribution in [0.1, 0.15) is 36.3 Å². The first kappa shape index (κ1) is 17.8. The van der Waals surface area contributed by atoms with Gasteiger partial charge in [-0.3, -0.25) is 9.59 Å². The number of carbonyl (C=O) groups is 2. The topological polar surface area (TPSA) is 84.0 Å². The van der Waals surface area contributed by atoms with E-state index in [9.17, 15) is 9.59 Å². The molecule has 3 aromatic rings. The second-order valence-corrected chi connectivity index (χ2v) is 6.82. The van der Waals surface area contributed by atoms with Gasteiger partial charge in [0, 0.05) is 12.2 Å². The average Bonchev–Trinajstić information content (AvgIpc) is 3.13. The fraction of sp³-hybridized carbons (Fsp3) is 0.158. The lowest BCUT2D eigenvalue weighted by atomic mass is 10.1. The maximum Gasteiger partial charge on any atom is 0.286 e. The van der Waals surface area contributed by atoms with Gasteiger partial charge in [-0.1, -0.05) is 53.3 Å². The van der Waals surface area contributed by atoms with E-state index in [0.29, 0.717) is 12.2 Å². The van der Waals surface area contributed by atoms with Crippen LogP contribution in [0.15, 0.2) is 48.5 Å². The molecule has 0 radical (unpaired) electrons. The average molecular weight is 366 g/mol. The van der Waals surface area contributed by atoms with E-state index in [1.165, 1.54) is 0 Å². The second kappa shape index (κ2) is 7.88. The van der Waals surface area contributed by atoms with Gasteiger partial charge < -0.3 is 10.6 Å². The van der Waals surface area contributed by atoms with Crippen LogP contribution in [0.25, 0.3) is 0 Å². The minimum atomic E-state index is -0.385. The summed E-state index contributed by atoms with van der Waals surface area (Å²) in [7, 11) is 0. The molecule has 0 aliphatic heterocycles. The molecule has 2 N–H and O–H groups in total. The summed E-state index contributed by atoms with van der Waals surface area (Å²) in [5.74, 6) is -0.732. The van der Waals surface area contributed by atoms with Gasteiger partial charge in [-0.2, -0.15) is 0 Å². The van der Waals surface area contributed by atoms with Gasteiger partial charge in [-0.05, 0) is 37.1 Å². The predicted molar refractivity (Wildman–Crippen MR) is 101 cm³/mol. The second-order valence-electron chi connectivity index (χ2n) is 5.84. The molecule has 0 spiro atoms. The van der Waals surface area contributed by atoms with Crippen LogP contribution in [0, 0.1) is 13.8 Å². The minimum absolute atomic E-state index is 0.145. The molecule has 0 unspecified atom stereocenters. The van der Waals surface area contributed by atoms with E-state index < -0.39 is 0 Å². The summed E-state index contributed by atoms with van der Waals surface area (Å²) in [5, 5.41) is 13.5. The van der Waals surface area contributed by atoms with Crippen molar-refractivity contribution in [2.45, 2.75) is 20.4 Å². The van der Waals surface area contributed by atoms with Crippen LogP contribution in [-0.4, -0.2) is 22.0 Å². The van der Waals surface area contributed by atoms with Crippen LogP contribution in [0.5, 0.6) is 0 Å². The molecule has 0 aliphatic rings. The molecule has 2 amide bonds. The van der Waals surface area contributed by atoms with Crippen LogP contribution in [0.4, 0.5) is 5.69 Å². The van der Waals surface area contributed by atoms with Crippen molar-refractivity contribution in [3.8, 4) is 0 Å². The van der Waals surface area contributed by atoms with Crippen molar-refractivity contribution in [2.75, 3.05) is 5.32 Å². The highest BCUT2D eigenvalue weighted by Crippen LogP contribution is 2.14. The number of nitrogens with one attached hydrogen (secondary N) is 2. The largest absolute Gasteiger partial charge is 0.346 e. The molecular weight excluding hydrogens is 348 g/mol. The van der Waals surface area contributed by atoms with Gasteiger partial charge in [0.05, 0.1) is 0 Å². The minimum Gasteiger partial charge on any atom is -0.346 e. The van der Waals surface area contributed by atoms with Crippen molar-refractivity contribution in [1.82, 2.24) is 15.5 Å². The van der Waals surface area contributed by atoms with Gasteiger partial charge in [0.25, 0.3) is 11.8 Å². The Morgan fingerprint density at radius 2 is 1.58 bits per heavy atom. The van der Waals surface area contributed by atoms with E-state index in [1.807, 2.05) is 62.4 Å². The van der Waals surface area contributed by atoms with Gasteiger partial charge in [-0.15, -0.1) is 10.2 Å². The Morgan fingerprint density at radius 3 is 2.27 bits per heavy atom. The maximum absolute atomic E-state index is 12.2. The number of hydrogen-bond acceptors (Lipinski definition) is 5. The molecule has 132 valence electrons. The van der Waals surface area contributed by atoms with Crippen molar-refractivity contribution < 1.29 is 9.59 Å². The molecule has 0 atom stereocenters. The smallest absolute Gasteiger partial charge is 0.286 e. The summed E-state index contributed by atoms with van der Waals surface area (Å²) in [6.07, 6.45) is 0. The number of nitrogens with zero attached hydrogens (tertiary/aromatic N) is 2.